The number of aryl methyl sites for hydroxylation is 1. The second kappa shape index (κ2) is 5.70. The highest BCUT2D eigenvalue weighted by atomic mass is 35.7. The van der Waals surface area contributed by atoms with E-state index in [0.29, 0.717) is 5.82 Å². The van der Waals surface area contributed by atoms with Crippen LogP contribution >= 0.6 is 10.7 Å². The molecule has 2 aromatic rings. The van der Waals surface area contributed by atoms with Crippen LogP contribution in [-0.4, -0.2) is 29.6 Å². The van der Waals surface area contributed by atoms with Crippen LogP contribution in [0.25, 0.3) is 0 Å². The number of benzene rings is 1. The number of hydrogen-bond donors (Lipinski definition) is 1. The molecule has 0 fully saturated rings. The SMILES string of the molecule is Cc1noc(COc2ccc(S(=O)(=O)Cl)cc2C(=O)O)n1. The molecule has 0 unspecified atom stereocenters. The summed E-state index contributed by atoms with van der Waals surface area (Å²) in [4.78, 5) is 14.7. The van der Waals surface area contributed by atoms with Crippen LogP contribution in [0.1, 0.15) is 22.1 Å². The van der Waals surface area contributed by atoms with E-state index in [0.717, 1.165) is 12.1 Å². The highest BCUT2D eigenvalue weighted by Gasteiger charge is 2.18. The smallest absolute Gasteiger partial charge is 0.339 e. The first-order valence-corrected chi connectivity index (χ1v) is 7.82. The van der Waals surface area contributed by atoms with Crippen molar-refractivity contribution in [2.24, 2.45) is 0 Å². The molecule has 2 rings (SSSR count). The van der Waals surface area contributed by atoms with Gasteiger partial charge in [0, 0.05) is 10.7 Å². The van der Waals surface area contributed by atoms with Gasteiger partial charge in [-0.3, -0.25) is 0 Å². The Kier molecular flexibility index (Phi) is 4.14. The van der Waals surface area contributed by atoms with E-state index in [2.05, 4.69) is 10.1 Å². The summed E-state index contributed by atoms with van der Waals surface area (Å²) in [6, 6.07) is 3.25. The van der Waals surface area contributed by atoms with E-state index >= 15 is 0 Å². The first-order valence-electron chi connectivity index (χ1n) is 5.51. The van der Waals surface area contributed by atoms with Crippen molar-refractivity contribution < 1.29 is 27.6 Å². The second-order valence-corrected chi connectivity index (χ2v) is 6.49. The minimum atomic E-state index is -4.03. The van der Waals surface area contributed by atoms with E-state index in [4.69, 9.17) is 25.0 Å². The molecule has 0 radical (unpaired) electrons. The van der Waals surface area contributed by atoms with Gasteiger partial charge in [0.1, 0.15) is 11.3 Å². The minimum absolute atomic E-state index is 0.0394. The Morgan fingerprint density at radius 3 is 2.71 bits per heavy atom. The highest BCUT2D eigenvalue weighted by Crippen LogP contribution is 2.25. The fraction of sp³-hybridized carbons (Fsp3) is 0.182. The van der Waals surface area contributed by atoms with Crippen LogP contribution in [0, 0.1) is 6.92 Å². The van der Waals surface area contributed by atoms with Crippen molar-refractivity contribution in [1.29, 1.82) is 0 Å². The molecule has 0 saturated carbocycles. The lowest BCUT2D eigenvalue weighted by molar-refractivity contribution is 0.0690. The first-order chi connectivity index (χ1) is 9.77. The van der Waals surface area contributed by atoms with Crippen molar-refractivity contribution in [3.05, 3.63) is 35.5 Å². The van der Waals surface area contributed by atoms with Gasteiger partial charge in [0.05, 0.1) is 4.90 Å². The van der Waals surface area contributed by atoms with Gasteiger partial charge in [-0.15, -0.1) is 0 Å². The number of carbonyl (C=O) groups is 1. The Morgan fingerprint density at radius 2 is 2.19 bits per heavy atom. The summed E-state index contributed by atoms with van der Waals surface area (Å²) in [5, 5.41) is 12.6. The minimum Gasteiger partial charge on any atom is -0.483 e. The van der Waals surface area contributed by atoms with Crippen LogP contribution in [0.15, 0.2) is 27.6 Å². The van der Waals surface area contributed by atoms with Crippen molar-refractivity contribution in [3.63, 3.8) is 0 Å². The molecule has 0 aliphatic rings. The number of halogens is 1. The largest absolute Gasteiger partial charge is 0.483 e. The lowest BCUT2D eigenvalue weighted by Gasteiger charge is -2.08. The summed E-state index contributed by atoms with van der Waals surface area (Å²) in [6.45, 7) is 1.48. The maximum atomic E-state index is 11.2. The summed E-state index contributed by atoms with van der Waals surface area (Å²) < 4.78 is 32.5. The third-order valence-electron chi connectivity index (χ3n) is 2.38. The monoisotopic (exact) mass is 332 g/mol. The number of carboxylic acids is 1. The Morgan fingerprint density at radius 1 is 1.48 bits per heavy atom. The van der Waals surface area contributed by atoms with Crippen molar-refractivity contribution >= 4 is 25.7 Å². The summed E-state index contributed by atoms with van der Waals surface area (Å²) in [5.74, 6) is -0.815. The zero-order chi connectivity index (χ0) is 15.6. The van der Waals surface area contributed by atoms with Gasteiger partial charge < -0.3 is 14.4 Å². The molecule has 0 atom stereocenters. The molecule has 21 heavy (non-hydrogen) atoms. The molecule has 1 heterocycles. The Labute approximate surface area is 123 Å². The molecule has 112 valence electrons. The van der Waals surface area contributed by atoms with Crippen molar-refractivity contribution in [2.75, 3.05) is 0 Å². The van der Waals surface area contributed by atoms with E-state index < -0.39 is 15.0 Å². The van der Waals surface area contributed by atoms with Gasteiger partial charge in [0.25, 0.3) is 14.9 Å². The number of aromatic nitrogens is 2. The Bertz CT molecular complexity index is 786. The van der Waals surface area contributed by atoms with Crippen LogP contribution < -0.4 is 4.74 Å². The maximum absolute atomic E-state index is 11.2. The van der Waals surface area contributed by atoms with Gasteiger partial charge in [-0.05, 0) is 25.1 Å². The lowest BCUT2D eigenvalue weighted by Crippen LogP contribution is -2.05. The number of nitrogens with zero attached hydrogens (tertiary/aromatic N) is 2. The van der Waals surface area contributed by atoms with E-state index in [9.17, 15) is 13.2 Å². The predicted molar refractivity (Wildman–Crippen MR) is 69.8 cm³/mol. The average Bonchev–Trinajstić information content (AvgIpc) is 2.80. The number of hydrogen-bond acceptors (Lipinski definition) is 7. The van der Waals surface area contributed by atoms with Gasteiger partial charge in [-0.2, -0.15) is 4.98 Å². The standard InChI is InChI=1S/C11H9ClN2O6S/c1-6-13-10(20-14-6)5-19-9-3-2-7(21(12,17)18)4-8(9)11(15)16/h2-4H,5H2,1H3,(H,15,16). The fourth-order valence-electron chi connectivity index (χ4n) is 1.49. The summed E-state index contributed by atoms with van der Waals surface area (Å²) >= 11 is 0. The third kappa shape index (κ3) is 3.70. The van der Waals surface area contributed by atoms with Gasteiger partial charge in [-0.1, -0.05) is 5.16 Å². The molecule has 0 bridgehead atoms. The van der Waals surface area contributed by atoms with Crippen molar-refractivity contribution in [1.82, 2.24) is 10.1 Å². The van der Waals surface area contributed by atoms with E-state index in [-0.39, 0.29) is 28.7 Å². The molecule has 1 aromatic carbocycles. The van der Waals surface area contributed by atoms with Crippen molar-refractivity contribution in [2.45, 2.75) is 18.4 Å². The van der Waals surface area contributed by atoms with E-state index in [1.807, 2.05) is 0 Å². The Balaban J connectivity index is 2.28. The molecule has 8 nitrogen and oxygen atoms in total. The van der Waals surface area contributed by atoms with Gasteiger partial charge >= 0.3 is 5.97 Å². The lowest BCUT2D eigenvalue weighted by atomic mass is 10.2. The van der Waals surface area contributed by atoms with E-state index in [1.54, 1.807) is 6.92 Å². The normalized spacial score (nSPS) is 11.3. The predicted octanol–water partition coefficient (Wildman–Crippen LogP) is 1.58. The van der Waals surface area contributed by atoms with Crippen LogP contribution in [0.5, 0.6) is 5.75 Å². The van der Waals surface area contributed by atoms with Gasteiger partial charge in [0.15, 0.2) is 12.4 Å². The quantitative estimate of drug-likeness (QED) is 0.819. The summed E-state index contributed by atoms with van der Waals surface area (Å²) in [5.41, 5.74) is -0.340. The topological polar surface area (TPSA) is 120 Å². The molecule has 0 aliphatic heterocycles. The molecule has 0 amide bonds. The molecule has 10 heteroatoms. The average molecular weight is 333 g/mol. The van der Waals surface area contributed by atoms with Crippen molar-refractivity contribution in [3.8, 4) is 5.75 Å². The molecular weight excluding hydrogens is 324 g/mol. The summed E-state index contributed by atoms with van der Waals surface area (Å²) in [7, 11) is 1.14. The van der Waals surface area contributed by atoms with Crippen LogP contribution in [-0.2, 0) is 15.7 Å². The molecule has 1 aromatic heterocycles. The van der Waals surface area contributed by atoms with Crippen LogP contribution in [0.4, 0.5) is 0 Å². The number of carboxylic acid groups (broad SMARTS) is 1. The molecule has 0 saturated heterocycles. The zero-order valence-electron chi connectivity index (χ0n) is 10.6. The summed E-state index contributed by atoms with van der Waals surface area (Å²) in [6.07, 6.45) is 0. The van der Waals surface area contributed by atoms with E-state index in [1.165, 1.54) is 6.07 Å². The number of ether oxygens (including phenoxy) is 1. The van der Waals surface area contributed by atoms with Gasteiger partial charge in [-0.25, -0.2) is 13.2 Å². The van der Waals surface area contributed by atoms with Crippen LogP contribution in [0.2, 0.25) is 0 Å². The van der Waals surface area contributed by atoms with Gasteiger partial charge in [0.2, 0.25) is 0 Å². The fourth-order valence-corrected chi connectivity index (χ4v) is 2.27. The highest BCUT2D eigenvalue weighted by molar-refractivity contribution is 8.13. The number of rotatable bonds is 5. The third-order valence-corrected chi connectivity index (χ3v) is 3.74. The maximum Gasteiger partial charge on any atom is 0.339 e. The van der Waals surface area contributed by atoms with Crippen LogP contribution in [0.3, 0.4) is 0 Å². The zero-order valence-corrected chi connectivity index (χ0v) is 12.2. The molecular formula is C11H9ClN2O6S. The molecule has 0 aliphatic carbocycles. The molecule has 0 spiro atoms. The molecule has 1 N–H and O–H groups in total. The first kappa shape index (κ1) is 15.3. The Hall–Kier alpha value is -2.13. The number of aromatic carboxylic acids is 1. The second-order valence-electron chi connectivity index (χ2n) is 3.92.